The number of rotatable bonds is 4. The molecule has 19 heavy (non-hydrogen) atoms. The van der Waals surface area contributed by atoms with Crippen molar-refractivity contribution in [3.8, 4) is 0 Å². The molecule has 0 spiro atoms. The molecule has 0 saturated heterocycles. The lowest BCUT2D eigenvalue weighted by Crippen LogP contribution is -2.11. The monoisotopic (exact) mass is 274 g/mol. The molecule has 3 rings (SSSR count). The normalized spacial score (nSPS) is 14.2. The van der Waals surface area contributed by atoms with Crippen LogP contribution < -0.4 is 5.32 Å². The van der Waals surface area contributed by atoms with Crippen molar-refractivity contribution in [1.82, 2.24) is 15.0 Å². The third-order valence-corrected chi connectivity index (χ3v) is 4.62. The number of thiazole rings is 1. The number of aryl methyl sites for hydroxylation is 2. The fraction of sp³-hybridized carbons (Fsp3) is 0.500. The maximum absolute atomic E-state index is 4.43. The van der Waals surface area contributed by atoms with Gasteiger partial charge >= 0.3 is 0 Å². The third-order valence-electron chi connectivity index (χ3n) is 3.48. The van der Waals surface area contributed by atoms with E-state index in [1.54, 1.807) is 17.7 Å². The summed E-state index contributed by atoms with van der Waals surface area (Å²) >= 11 is 1.77. The van der Waals surface area contributed by atoms with Gasteiger partial charge in [0.15, 0.2) is 0 Å². The van der Waals surface area contributed by atoms with Gasteiger partial charge in [-0.2, -0.15) is 0 Å². The third kappa shape index (κ3) is 2.76. The predicted octanol–water partition coefficient (Wildman–Crippen LogP) is 2.99. The molecule has 0 amide bonds. The van der Waals surface area contributed by atoms with Crippen molar-refractivity contribution in [2.45, 2.75) is 45.6 Å². The van der Waals surface area contributed by atoms with Crippen LogP contribution in [0.5, 0.6) is 0 Å². The second kappa shape index (κ2) is 5.65. The largest absolute Gasteiger partial charge is 0.363 e. The van der Waals surface area contributed by atoms with Gasteiger partial charge in [-0.25, -0.2) is 15.0 Å². The smallest absolute Gasteiger partial charge is 0.133 e. The number of hydrogen-bond acceptors (Lipinski definition) is 5. The molecule has 0 aromatic carbocycles. The van der Waals surface area contributed by atoms with Crippen LogP contribution in [-0.4, -0.2) is 15.0 Å². The van der Waals surface area contributed by atoms with E-state index in [1.807, 2.05) is 6.20 Å². The van der Waals surface area contributed by atoms with Gasteiger partial charge in [0.2, 0.25) is 0 Å². The molecule has 4 nitrogen and oxygen atoms in total. The molecule has 2 aromatic heterocycles. The number of anilines is 1. The van der Waals surface area contributed by atoms with Gasteiger partial charge in [0, 0.05) is 22.3 Å². The van der Waals surface area contributed by atoms with Crippen LogP contribution in [0.25, 0.3) is 0 Å². The van der Waals surface area contributed by atoms with Gasteiger partial charge in [0.05, 0.1) is 6.54 Å². The van der Waals surface area contributed by atoms with Crippen LogP contribution in [0.4, 0.5) is 5.82 Å². The Kier molecular flexibility index (Phi) is 3.73. The summed E-state index contributed by atoms with van der Waals surface area (Å²) in [5.41, 5.74) is 2.53. The van der Waals surface area contributed by atoms with E-state index in [0.717, 1.165) is 36.6 Å². The Morgan fingerprint density at radius 3 is 2.95 bits per heavy atom. The number of aromatic nitrogens is 3. The second-order valence-electron chi connectivity index (χ2n) is 4.78. The minimum Gasteiger partial charge on any atom is -0.363 e. The molecule has 0 saturated carbocycles. The lowest BCUT2D eigenvalue weighted by atomic mass is 9.96. The zero-order valence-corrected chi connectivity index (χ0v) is 12.0. The maximum Gasteiger partial charge on any atom is 0.133 e. The first-order valence-corrected chi connectivity index (χ1v) is 7.68. The summed E-state index contributed by atoms with van der Waals surface area (Å²) in [6, 6.07) is 0. The fourth-order valence-corrected chi connectivity index (χ4v) is 3.23. The Hall–Kier alpha value is -1.49. The first-order valence-electron chi connectivity index (χ1n) is 6.87. The Morgan fingerprint density at radius 2 is 2.11 bits per heavy atom. The number of nitrogens with zero attached hydrogens (tertiary/aromatic N) is 3. The SMILES string of the molecule is CCc1cnc(CNc2ncnc3c2CCCC3)s1. The Balaban J connectivity index is 1.73. The average Bonchev–Trinajstić information content (AvgIpc) is 2.93. The van der Waals surface area contributed by atoms with Crippen molar-refractivity contribution in [2.24, 2.45) is 0 Å². The first-order chi connectivity index (χ1) is 9.36. The lowest BCUT2D eigenvalue weighted by Gasteiger charge is -2.17. The molecular formula is C14H18N4S. The summed E-state index contributed by atoms with van der Waals surface area (Å²) < 4.78 is 0. The van der Waals surface area contributed by atoms with Crippen molar-refractivity contribution in [3.63, 3.8) is 0 Å². The number of fused-ring (bicyclic) bond motifs is 1. The maximum atomic E-state index is 4.43. The van der Waals surface area contributed by atoms with Crippen LogP contribution in [0.3, 0.4) is 0 Å². The Labute approximate surface area is 117 Å². The molecule has 0 aliphatic heterocycles. The molecule has 100 valence electrons. The van der Waals surface area contributed by atoms with Crippen LogP contribution >= 0.6 is 11.3 Å². The minimum absolute atomic E-state index is 0.758. The molecule has 5 heteroatoms. The van der Waals surface area contributed by atoms with Crippen molar-refractivity contribution in [3.05, 3.63) is 33.7 Å². The van der Waals surface area contributed by atoms with Gasteiger partial charge in [-0.1, -0.05) is 6.92 Å². The zero-order chi connectivity index (χ0) is 13.1. The van der Waals surface area contributed by atoms with E-state index in [1.165, 1.54) is 29.0 Å². The molecule has 0 unspecified atom stereocenters. The van der Waals surface area contributed by atoms with Crippen LogP contribution in [0.15, 0.2) is 12.5 Å². The second-order valence-corrected chi connectivity index (χ2v) is 5.98. The fourth-order valence-electron chi connectivity index (χ4n) is 2.43. The number of hydrogen-bond donors (Lipinski definition) is 1. The van der Waals surface area contributed by atoms with E-state index in [4.69, 9.17) is 0 Å². The van der Waals surface area contributed by atoms with Crippen LogP contribution in [0, 0.1) is 0 Å². The lowest BCUT2D eigenvalue weighted by molar-refractivity contribution is 0.663. The molecule has 1 aliphatic carbocycles. The summed E-state index contributed by atoms with van der Waals surface area (Å²) in [4.78, 5) is 14.5. The van der Waals surface area contributed by atoms with Gasteiger partial charge in [0.25, 0.3) is 0 Å². The van der Waals surface area contributed by atoms with Crippen LogP contribution in [-0.2, 0) is 25.8 Å². The van der Waals surface area contributed by atoms with Crippen LogP contribution in [0.1, 0.15) is 40.9 Å². The van der Waals surface area contributed by atoms with Crippen LogP contribution in [0.2, 0.25) is 0 Å². The van der Waals surface area contributed by atoms with Gasteiger partial charge in [0.1, 0.15) is 17.2 Å². The highest BCUT2D eigenvalue weighted by Gasteiger charge is 2.15. The topological polar surface area (TPSA) is 50.7 Å². The summed E-state index contributed by atoms with van der Waals surface area (Å²) in [5, 5.41) is 4.55. The molecule has 0 radical (unpaired) electrons. The quantitative estimate of drug-likeness (QED) is 0.931. The van der Waals surface area contributed by atoms with E-state index >= 15 is 0 Å². The Bertz CT molecular complexity index is 564. The van der Waals surface area contributed by atoms with Crippen molar-refractivity contribution in [2.75, 3.05) is 5.32 Å². The van der Waals surface area contributed by atoms with E-state index < -0.39 is 0 Å². The standard InChI is InChI=1S/C14H18N4S/c1-2-10-7-15-13(19-10)8-16-14-11-5-3-4-6-12(11)17-9-18-14/h7,9H,2-6,8H2,1H3,(H,16,17,18). The first kappa shape index (κ1) is 12.5. The van der Waals surface area contributed by atoms with Crippen molar-refractivity contribution in [1.29, 1.82) is 0 Å². The van der Waals surface area contributed by atoms with E-state index in [0.29, 0.717) is 0 Å². The molecule has 1 aliphatic rings. The molecule has 2 aromatic rings. The predicted molar refractivity (Wildman–Crippen MR) is 77.5 cm³/mol. The van der Waals surface area contributed by atoms with Crippen molar-refractivity contribution >= 4 is 17.2 Å². The van der Waals surface area contributed by atoms with Crippen molar-refractivity contribution < 1.29 is 0 Å². The molecular weight excluding hydrogens is 256 g/mol. The van der Waals surface area contributed by atoms with E-state index in [9.17, 15) is 0 Å². The van der Waals surface area contributed by atoms with E-state index in [2.05, 4.69) is 27.2 Å². The summed E-state index contributed by atoms with van der Waals surface area (Å²) in [5.74, 6) is 0.998. The number of nitrogens with one attached hydrogen (secondary N) is 1. The highest BCUT2D eigenvalue weighted by molar-refractivity contribution is 7.11. The van der Waals surface area contributed by atoms with E-state index in [-0.39, 0.29) is 0 Å². The van der Waals surface area contributed by atoms with Gasteiger partial charge in [-0.05, 0) is 32.1 Å². The van der Waals surface area contributed by atoms with Gasteiger partial charge < -0.3 is 5.32 Å². The molecule has 0 bridgehead atoms. The molecule has 0 atom stereocenters. The zero-order valence-electron chi connectivity index (χ0n) is 11.1. The summed E-state index contributed by atoms with van der Waals surface area (Å²) in [6.45, 7) is 2.92. The Morgan fingerprint density at radius 1 is 1.21 bits per heavy atom. The molecule has 2 heterocycles. The highest BCUT2D eigenvalue weighted by Crippen LogP contribution is 2.25. The van der Waals surface area contributed by atoms with Gasteiger partial charge in [-0.3, -0.25) is 0 Å². The highest BCUT2D eigenvalue weighted by atomic mass is 32.1. The summed E-state index contributed by atoms with van der Waals surface area (Å²) in [7, 11) is 0. The van der Waals surface area contributed by atoms with Gasteiger partial charge in [-0.15, -0.1) is 11.3 Å². The molecule has 0 fully saturated rings. The summed E-state index contributed by atoms with van der Waals surface area (Å²) in [6.07, 6.45) is 9.37. The average molecular weight is 274 g/mol. The minimum atomic E-state index is 0.758. The molecule has 1 N–H and O–H groups in total.